The van der Waals surface area contributed by atoms with Crippen LogP contribution in [0.1, 0.15) is 32.3 Å². The van der Waals surface area contributed by atoms with E-state index in [9.17, 15) is 13.5 Å². The molecule has 0 saturated heterocycles. The van der Waals surface area contributed by atoms with Crippen molar-refractivity contribution in [2.75, 3.05) is 18.9 Å². The van der Waals surface area contributed by atoms with Crippen LogP contribution in [-0.2, 0) is 10.0 Å². The lowest BCUT2D eigenvalue weighted by atomic mass is 9.84. The summed E-state index contributed by atoms with van der Waals surface area (Å²) in [4.78, 5) is 0.0367. The van der Waals surface area contributed by atoms with Crippen LogP contribution in [0, 0.1) is 12.3 Å². The number of nitrogens with one attached hydrogen (secondary N) is 1. The largest absolute Gasteiger partial charge is 0.398 e. The van der Waals surface area contributed by atoms with E-state index in [1.165, 1.54) is 12.1 Å². The molecule has 0 aliphatic rings. The van der Waals surface area contributed by atoms with Crippen molar-refractivity contribution in [3.8, 4) is 0 Å². The summed E-state index contributed by atoms with van der Waals surface area (Å²) in [6, 6.07) is 2.77. The summed E-state index contributed by atoms with van der Waals surface area (Å²) in [5.74, 6) is 0. The van der Waals surface area contributed by atoms with Gasteiger partial charge in [-0.3, -0.25) is 0 Å². The molecule has 5 nitrogen and oxygen atoms in total. The Bertz CT molecular complexity index is 567. The Morgan fingerprint density at radius 3 is 2.33 bits per heavy atom. The summed E-state index contributed by atoms with van der Waals surface area (Å²) >= 11 is 5.98. The van der Waals surface area contributed by atoms with Gasteiger partial charge < -0.3 is 10.8 Å². The molecule has 0 bridgehead atoms. The number of hydrogen-bond acceptors (Lipinski definition) is 4. The minimum absolute atomic E-state index is 0.0367. The number of halogens is 1. The maximum absolute atomic E-state index is 12.3. The Kier molecular flexibility index (Phi) is 6.04. The van der Waals surface area contributed by atoms with Crippen LogP contribution in [0.3, 0.4) is 0 Å². The highest BCUT2D eigenvalue weighted by molar-refractivity contribution is 7.89. The van der Waals surface area contributed by atoms with Crippen LogP contribution in [0.2, 0.25) is 5.02 Å². The van der Waals surface area contributed by atoms with E-state index in [4.69, 9.17) is 17.3 Å². The number of hydrogen-bond donors (Lipinski definition) is 3. The molecule has 0 aliphatic carbocycles. The van der Waals surface area contributed by atoms with Crippen molar-refractivity contribution in [1.82, 2.24) is 4.72 Å². The lowest BCUT2D eigenvalue weighted by Crippen LogP contribution is -2.39. The van der Waals surface area contributed by atoms with E-state index in [0.717, 1.165) is 0 Å². The maximum Gasteiger partial charge on any atom is 0.240 e. The molecule has 0 spiro atoms. The first-order valence-electron chi connectivity index (χ1n) is 6.87. The number of rotatable bonds is 7. The van der Waals surface area contributed by atoms with Crippen LogP contribution < -0.4 is 10.5 Å². The second-order valence-corrected chi connectivity index (χ2v) is 7.48. The highest BCUT2D eigenvalue weighted by Gasteiger charge is 2.28. The molecule has 0 aliphatic heterocycles. The molecule has 1 aromatic carbocycles. The maximum atomic E-state index is 12.3. The highest BCUT2D eigenvalue weighted by Crippen LogP contribution is 2.28. The highest BCUT2D eigenvalue weighted by atomic mass is 35.5. The van der Waals surface area contributed by atoms with Gasteiger partial charge in [-0.25, -0.2) is 13.1 Å². The van der Waals surface area contributed by atoms with Crippen molar-refractivity contribution < 1.29 is 13.5 Å². The molecule has 4 N–H and O–H groups in total. The van der Waals surface area contributed by atoms with Gasteiger partial charge in [-0.15, -0.1) is 0 Å². The van der Waals surface area contributed by atoms with E-state index in [2.05, 4.69) is 4.72 Å². The summed E-state index contributed by atoms with van der Waals surface area (Å²) in [7, 11) is -3.71. The first-order chi connectivity index (χ1) is 9.71. The molecule has 1 aromatic rings. The summed E-state index contributed by atoms with van der Waals surface area (Å²) in [5.41, 5.74) is 6.30. The van der Waals surface area contributed by atoms with Crippen molar-refractivity contribution in [1.29, 1.82) is 0 Å². The van der Waals surface area contributed by atoms with Crippen LogP contribution in [0.15, 0.2) is 17.0 Å². The van der Waals surface area contributed by atoms with Gasteiger partial charge >= 0.3 is 0 Å². The number of nitrogens with two attached hydrogens (primary N) is 1. The zero-order valence-electron chi connectivity index (χ0n) is 12.6. The lowest BCUT2D eigenvalue weighted by Gasteiger charge is -2.29. The predicted octanol–water partition coefficient (Wildman–Crippen LogP) is 2.31. The SMILES string of the molecule is CCC(CC)(CO)CNS(=O)(=O)c1cc(N)c(C)c(Cl)c1. The first kappa shape index (κ1) is 18.2. The Balaban J connectivity index is 3.03. The van der Waals surface area contributed by atoms with Crippen LogP contribution in [0.4, 0.5) is 5.69 Å². The molecule has 120 valence electrons. The fraction of sp³-hybridized carbons (Fsp3) is 0.571. The summed E-state index contributed by atoms with van der Waals surface area (Å²) in [6.45, 7) is 5.68. The van der Waals surface area contributed by atoms with Gasteiger partial charge in [0, 0.05) is 29.3 Å². The van der Waals surface area contributed by atoms with Crippen LogP contribution in [0.5, 0.6) is 0 Å². The molecule has 21 heavy (non-hydrogen) atoms. The van der Waals surface area contributed by atoms with Gasteiger partial charge in [0.25, 0.3) is 0 Å². The third kappa shape index (κ3) is 4.10. The Morgan fingerprint density at radius 2 is 1.90 bits per heavy atom. The van der Waals surface area contributed by atoms with Gasteiger partial charge in [0.15, 0.2) is 0 Å². The molecule has 0 atom stereocenters. The average Bonchev–Trinajstić information content (AvgIpc) is 2.46. The number of aliphatic hydroxyl groups excluding tert-OH is 1. The quantitative estimate of drug-likeness (QED) is 0.667. The average molecular weight is 335 g/mol. The Labute approximate surface area is 131 Å². The molecular formula is C14H23ClN2O3S. The van der Waals surface area contributed by atoms with E-state index in [1.54, 1.807) is 6.92 Å². The number of anilines is 1. The van der Waals surface area contributed by atoms with Crippen molar-refractivity contribution in [2.24, 2.45) is 5.41 Å². The van der Waals surface area contributed by atoms with Crippen molar-refractivity contribution >= 4 is 27.3 Å². The molecule has 1 rings (SSSR count). The Hall–Kier alpha value is -0.820. The standard InChI is InChI=1S/C14H23ClN2O3S/c1-4-14(5-2,9-18)8-17-21(19,20)11-6-12(15)10(3)13(16)7-11/h6-7,17-18H,4-5,8-9,16H2,1-3H3. The molecule has 0 radical (unpaired) electrons. The molecule has 0 saturated carbocycles. The zero-order chi connectivity index (χ0) is 16.3. The molecule has 7 heteroatoms. The van der Waals surface area contributed by atoms with Crippen LogP contribution in [-0.4, -0.2) is 26.7 Å². The molecule has 0 aromatic heterocycles. The summed E-state index contributed by atoms with van der Waals surface area (Å²) in [5, 5.41) is 9.81. The lowest BCUT2D eigenvalue weighted by molar-refractivity contribution is 0.119. The van der Waals surface area contributed by atoms with Gasteiger partial charge in [0.1, 0.15) is 0 Å². The van der Waals surface area contributed by atoms with Crippen molar-refractivity contribution in [3.63, 3.8) is 0 Å². The van der Waals surface area contributed by atoms with Gasteiger partial charge in [-0.05, 0) is 37.5 Å². The topological polar surface area (TPSA) is 92.4 Å². The zero-order valence-corrected chi connectivity index (χ0v) is 14.2. The first-order valence-corrected chi connectivity index (χ1v) is 8.73. The van der Waals surface area contributed by atoms with Crippen molar-refractivity contribution in [3.05, 3.63) is 22.7 Å². The monoisotopic (exact) mass is 334 g/mol. The van der Waals surface area contributed by atoms with Gasteiger partial charge in [-0.1, -0.05) is 25.4 Å². The minimum atomic E-state index is -3.71. The van der Waals surface area contributed by atoms with Gasteiger partial charge in [-0.2, -0.15) is 0 Å². The molecule has 0 unspecified atom stereocenters. The van der Waals surface area contributed by atoms with E-state index in [0.29, 0.717) is 29.1 Å². The minimum Gasteiger partial charge on any atom is -0.398 e. The second-order valence-electron chi connectivity index (χ2n) is 5.31. The van der Waals surface area contributed by atoms with Crippen molar-refractivity contribution in [2.45, 2.75) is 38.5 Å². The van der Waals surface area contributed by atoms with E-state index in [-0.39, 0.29) is 18.0 Å². The number of nitrogen functional groups attached to an aromatic ring is 1. The number of sulfonamides is 1. The second kappa shape index (κ2) is 6.96. The fourth-order valence-electron chi connectivity index (χ4n) is 1.94. The van der Waals surface area contributed by atoms with Crippen LogP contribution >= 0.6 is 11.6 Å². The van der Waals surface area contributed by atoms with E-state index in [1.807, 2.05) is 13.8 Å². The molecule has 0 amide bonds. The third-order valence-corrected chi connectivity index (χ3v) is 5.91. The number of aliphatic hydroxyl groups is 1. The molecule has 0 heterocycles. The number of benzene rings is 1. The Morgan fingerprint density at radius 1 is 1.33 bits per heavy atom. The summed E-state index contributed by atoms with van der Waals surface area (Å²) in [6.07, 6.45) is 1.36. The normalized spacial score (nSPS) is 12.6. The van der Waals surface area contributed by atoms with E-state index < -0.39 is 15.4 Å². The molecule has 0 fully saturated rings. The van der Waals surface area contributed by atoms with Crippen LogP contribution in [0.25, 0.3) is 0 Å². The smallest absolute Gasteiger partial charge is 0.240 e. The molecular weight excluding hydrogens is 312 g/mol. The van der Waals surface area contributed by atoms with E-state index >= 15 is 0 Å². The van der Waals surface area contributed by atoms with Gasteiger partial charge in [0.05, 0.1) is 4.90 Å². The summed E-state index contributed by atoms with van der Waals surface area (Å²) < 4.78 is 27.2. The van der Waals surface area contributed by atoms with Gasteiger partial charge in [0.2, 0.25) is 10.0 Å². The predicted molar refractivity (Wildman–Crippen MR) is 85.9 cm³/mol. The third-order valence-electron chi connectivity index (χ3n) is 4.14. The fourth-order valence-corrected chi connectivity index (χ4v) is 3.45.